The number of amides is 1. The molecule has 0 bridgehead atoms. The molecular formula is C20H29N3O3. The van der Waals surface area contributed by atoms with Crippen molar-refractivity contribution in [1.82, 2.24) is 15.1 Å². The summed E-state index contributed by atoms with van der Waals surface area (Å²) in [6.45, 7) is 5.06. The highest BCUT2D eigenvalue weighted by Gasteiger charge is 2.51. The van der Waals surface area contributed by atoms with Crippen molar-refractivity contribution in [3.8, 4) is 5.75 Å². The summed E-state index contributed by atoms with van der Waals surface area (Å²) in [4.78, 5) is 17.0. The molecule has 1 aliphatic carbocycles. The van der Waals surface area contributed by atoms with Crippen LogP contribution in [0.4, 0.5) is 0 Å². The highest BCUT2D eigenvalue weighted by molar-refractivity contribution is 5.81. The molecule has 6 nitrogen and oxygen atoms in total. The standard InChI is InChI=1S/C20H29N3O3/c1-21-19(24)17-11-26-20(14-23(17)9-15-7-8-15)12-22(13-20)10-16-5-3-4-6-18(16)25-2/h3-6,15,17H,7-14H2,1-2H3,(H,21,24)/t17-/m0/s1. The van der Waals surface area contributed by atoms with Gasteiger partial charge < -0.3 is 14.8 Å². The van der Waals surface area contributed by atoms with E-state index in [4.69, 9.17) is 9.47 Å². The Morgan fingerprint density at radius 3 is 2.77 bits per heavy atom. The average molecular weight is 359 g/mol. The van der Waals surface area contributed by atoms with Crippen LogP contribution in [0, 0.1) is 5.92 Å². The Balaban J connectivity index is 1.37. The third kappa shape index (κ3) is 3.59. The average Bonchev–Trinajstić information content (AvgIpc) is 3.44. The minimum absolute atomic E-state index is 0.0747. The summed E-state index contributed by atoms with van der Waals surface area (Å²) in [5, 5.41) is 2.79. The molecule has 2 aliphatic heterocycles. The summed E-state index contributed by atoms with van der Waals surface area (Å²) < 4.78 is 11.7. The molecule has 4 rings (SSSR count). The van der Waals surface area contributed by atoms with Gasteiger partial charge >= 0.3 is 0 Å². The van der Waals surface area contributed by atoms with Crippen LogP contribution in [0.5, 0.6) is 5.75 Å². The zero-order valence-corrected chi connectivity index (χ0v) is 15.7. The topological polar surface area (TPSA) is 54.0 Å². The summed E-state index contributed by atoms with van der Waals surface area (Å²) in [7, 11) is 3.43. The molecule has 0 unspecified atom stereocenters. The second-order valence-corrected chi connectivity index (χ2v) is 7.95. The van der Waals surface area contributed by atoms with Crippen molar-refractivity contribution in [1.29, 1.82) is 0 Å². The number of carbonyl (C=O) groups excluding carboxylic acids is 1. The van der Waals surface area contributed by atoms with Gasteiger partial charge in [-0.1, -0.05) is 18.2 Å². The third-order valence-electron chi connectivity index (χ3n) is 5.83. The molecule has 6 heteroatoms. The first-order valence-corrected chi connectivity index (χ1v) is 9.56. The van der Waals surface area contributed by atoms with E-state index in [0.717, 1.165) is 44.4 Å². The van der Waals surface area contributed by atoms with Crippen molar-refractivity contribution in [3.05, 3.63) is 29.8 Å². The second kappa shape index (κ2) is 7.18. The van der Waals surface area contributed by atoms with Crippen LogP contribution in [-0.4, -0.2) is 74.3 Å². The van der Waals surface area contributed by atoms with Crippen molar-refractivity contribution < 1.29 is 14.3 Å². The van der Waals surface area contributed by atoms with Gasteiger partial charge in [0.05, 0.1) is 13.7 Å². The van der Waals surface area contributed by atoms with Crippen molar-refractivity contribution >= 4 is 5.91 Å². The van der Waals surface area contributed by atoms with E-state index < -0.39 is 0 Å². The Morgan fingerprint density at radius 2 is 2.08 bits per heavy atom. The number of methoxy groups -OCH3 is 1. The molecule has 26 heavy (non-hydrogen) atoms. The number of para-hydroxylation sites is 1. The zero-order valence-electron chi connectivity index (χ0n) is 15.7. The van der Waals surface area contributed by atoms with Gasteiger partial charge in [0.25, 0.3) is 0 Å². The van der Waals surface area contributed by atoms with Gasteiger partial charge in [0.1, 0.15) is 17.4 Å². The van der Waals surface area contributed by atoms with Crippen LogP contribution < -0.4 is 10.1 Å². The maximum absolute atomic E-state index is 12.2. The Morgan fingerprint density at radius 1 is 1.31 bits per heavy atom. The molecule has 142 valence electrons. The van der Waals surface area contributed by atoms with Crippen molar-refractivity contribution in [3.63, 3.8) is 0 Å². The van der Waals surface area contributed by atoms with Crippen LogP contribution in [0.3, 0.4) is 0 Å². The summed E-state index contributed by atoms with van der Waals surface area (Å²) in [6.07, 6.45) is 2.59. The van der Waals surface area contributed by atoms with Crippen LogP contribution in [0.2, 0.25) is 0 Å². The first-order chi connectivity index (χ1) is 12.6. The number of rotatable bonds is 6. The lowest BCUT2D eigenvalue weighted by Gasteiger charge is -2.55. The molecule has 1 aromatic carbocycles. The highest BCUT2D eigenvalue weighted by atomic mass is 16.5. The summed E-state index contributed by atoms with van der Waals surface area (Å²) in [5.41, 5.74) is 1.08. The van der Waals surface area contributed by atoms with Gasteiger partial charge in [0.2, 0.25) is 5.91 Å². The van der Waals surface area contributed by atoms with E-state index in [1.165, 1.54) is 18.4 Å². The number of morpholine rings is 1. The molecule has 1 N–H and O–H groups in total. The fourth-order valence-corrected chi connectivity index (χ4v) is 4.27. The van der Waals surface area contributed by atoms with Gasteiger partial charge in [-0.3, -0.25) is 14.6 Å². The lowest BCUT2D eigenvalue weighted by molar-refractivity contribution is -0.203. The molecule has 1 atom stereocenters. The minimum Gasteiger partial charge on any atom is -0.496 e. The lowest BCUT2D eigenvalue weighted by Crippen LogP contribution is -2.72. The summed E-state index contributed by atoms with van der Waals surface area (Å²) >= 11 is 0. The molecule has 3 fully saturated rings. The number of ether oxygens (including phenoxy) is 2. The minimum atomic E-state index is -0.144. The predicted octanol–water partition coefficient (Wildman–Crippen LogP) is 1.11. The van der Waals surface area contributed by atoms with Crippen LogP contribution in [0.15, 0.2) is 24.3 Å². The van der Waals surface area contributed by atoms with E-state index in [0.29, 0.717) is 6.61 Å². The summed E-state index contributed by atoms with van der Waals surface area (Å²) in [5.74, 6) is 1.78. The maximum atomic E-state index is 12.2. The Kier molecular flexibility index (Phi) is 4.90. The number of benzene rings is 1. The molecular weight excluding hydrogens is 330 g/mol. The molecule has 2 heterocycles. The molecule has 1 amide bonds. The molecule has 1 spiro atoms. The number of hydrogen-bond donors (Lipinski definition) is 1. The van der Waals surface area contributed by atoms with Gasteiger partial charge in [-0.15, -0.1) is 0 Å². The van der Waals surface area contributed by atoms with E-state index in [9.17, 15) is 4.79 Å². The van der Waals surface area contributed by atoms with Gasteiger partial charge in [-0.05, 0) is 24.8 Å². The van der Waals surface area contributed by atoms with E-state index in [2.05, 4.69) is 27.2 Å². The largest absolute Gasteiger partial charge is 0.496 e. The predicted molar refractivity (Wildman–Crippen MR) is 99.1 cm³/mol. The SMILES string of the molecule is CNC(=O)[C@@H]1COC2(CN(Cc3ccccc3OC)C2)CN1CC1CC1. The fourth-order valence-electron chi connectivity index (χ4n) is 4.27. The first-order valence-electron chi connectivity index (χ1n) is 9.56. The first kappa shape index (κ1) is 17.8. The molecule has 0 radical (unpaired) electrons. The Bertz CT molecular complexity index is 655. The number of hydrogen-bond acceptors (Lipinski definition) is 5. The lowest BCUT2D eigenvalue weighted by atomic mass is 9.89. The Hall–Kier alpha value is -1.63. The van der Waals surface area contributed by atoms with Crippen LogP contribution in [0.25, 0.3) is 0 Å². The zero-order chi connectivity index (χ0) is 18.1. The monoisotopic (exact) mass is 359 g/mol. The maximum Gasteiger partial charge on any atom is 0.239 e. The molecule has 1 saturated carbocycles. The number of nitrogens with zero attached hydrogens (tertiary/aromatic N) is 2. The van der Waals surface area contributed by atoms with Gasteiger partial charge in [-0.25, -0.2) is 0 Å². The molecule has 2 saturated heterocycles. The van der Waals surface area contributed by atoms with E-state index in [-0.39, 0.29) is 17.6 Å². The van der Waals surface area contributed by atoms with Crippen LogP contribution >= 0.6 is 0 Å². The molecule has 0 aromatic heterocycles. The van der Waals surface area contributed by atoms with Crippen molar-refractivity contribution in [2.45, 2.75) is 31.0 Å². The number of nitrogens with one attached hydrogen (secondary N) is 1. The number of likely N-dealkylation sites (N-methyl/N-ethyl adjacent to an activating group) is 1. The highest BCUT2D eigenvalue weighted by Crippen LogP contribution is 2.36. The number of likely N-dealkylation sites (tertiary alicyclic amines) is 1. The number of carbonyl (C=O) groups is 1. The van der Waals surface area contributed by atoms with E-state index in [1.807, 2.05) is 12.1 Å². The quantitative estimate of drug-likeness (QED) is 0.825. The summed E-state index contributed by atoms with van der Waals surface area (Å²) in [6, 6.07) is 8.03. The van der Waals surface area contributed by atoms with Crippen molar-refractivity contribution in [2.24, 2.45) is 5.92 Å². The normalized spacial score (nSPS) is 25.7. The fraction of sp³-hybridized carbons (Fsp3) is 0.650. The second-order valence-electron chi connectivity index (χ2n) is 7.95. The van der Waals surface area contributed by atoms with Gasteiger partial charge in [-0.2, -0.15) is 0 Å². The van der Waals surface area contributed by atoms with Gasteiger partial charge in [0.15, 0.2) is 0 Å². The third-order valence-corrected chi connectivity index (χ3v) is 5.83. The smallest absolute Gasteiger partial charge is 0.239 e. The van der Waals surface area contributed by atoms with Crippen molar-refractivity contribution in [2.75, 3.05) is 46.9 Å². The van der Waals surface area contributed by atoms with E-state index >= 15 is 0 Å². The molecule has 3 aliphatic rings. The van der Waals surface area contributed by atoms with E-state index in [1.54, 1.807) is 14.2 Å². The van der Waals surface area contributed by atoms with Crippen LogP contribution in [0.1, 0.15) is 18.4 Å². The van der Waals surface area contributed by atoms with Gasteiger partial charge in [0, 0.05) is 45.3 Å². The van der Waals surface area contributed by atoms with Crippen LogP contribution in [-0.2, 0) is 16.1 Å². The Labute approximate surface area is 155 Å². The molecule has 1 aromatic rings.